The molecule has 0 aliphatic rings. The summed E-state index contributed by atoms with van der Waals surface area (Å²) in [5, 5.41) is 3.68. The van der Waals surface area contributed by atoms with Crippen molar-refractivity contribution in [3.05, 3.63) is 86.9 Å². The number of anilines is 1. The smallest absolute Gasteiger partial charge is 0.255 e. The van der Waals surface area contributed by atoms with Gasteiger partial charge in [-0.05, 0) is 73.5 Å². The molecule has 1 amide bonds. The summed E-state index contributed by atoms with van der Waals surface area (Å²) < 4.78 is 11.4. The molecule has 3 aromatic carbocycles. The molecule has 0 fully saturated rings. The van der Waals surface area contributed by atoms with Gasteiger partial charge in [0.1, 0.15) is 18.1 Å². The van der Waals surface area contributed by atoms with Gasteiger partial charge in [-0.1, -0.05) is 29.3 Å². The van der Waals surface area contributed by atoms with Crippen molar-refractivity contribution in [1.82, 2.24) is 0 Å². The van der Waals surface area contributed by atoms with Gasteiger partial charge < -0.3 is 14.8 Å². The van der Waals surface area contributed by atoms with E-state index in [1.807, 2.05) is 26.0 Å². The normalized spacial score (nSPS) is 10.5. The molecular weight excluding hydrogens is 409 g/mol. The molecule has 0 unspecified atom stereocenters. The first-order valence-corrected chi connectivity index (χ1v) is 9.75. The van der Waals surface area contributed by atoms with E-state index in [0.29, 0.717) is 27.0 Å². The van der Waals surface area contributed by atoms with Crippen LogP contribution in [0.1, 0.15) is 27.0 Å². The van der Waals surface area contributed by atoms with Crippen molar-refractivity contribution in [2.75, 3.05) is 12.4 Å². The number of halogens is 2. The number of aryl methyl sites for hydroxylation is 2. The third-order valence-electron chi connectivity index (χ3n) is 4.31. The molecule has 0 saturated heterocycles. The second-order valence-electron chi connectivity index (χ2n) is 6.72. The van der Waals surface area contributed by atoms with Gasteiger partial charge in [0.25, 0.3) is 5.91 Å². The Hall–Kier alpha value is -2.69. The zero-order valence-corrected chi connectivity index (χ0v) is 17.9. The van der Waals surface area contributed by atoms with E-state index in [0.717, 1.165) is 22.4 Å². The Morgan fingerprint density at radius 2 is 1.69 bits per heavy atom. The quantitative estimate of drug-likeness (QED) is 0.489. The minimum absolute atomic E-state index is 0.269. The van der Waals surface area contributed by atoms with Crippen molar-refractivity contribution in [3.63, 3.8) is 0 Å². The summed E-state index contributed by atoms with van der Waals surface area (Å²) >= 11 is 12.1. The van der Waals surface area contributed by atoms with Crippen LogP contribution in [0.15, 0.2) is 54.6 Å². The molecule has 0 atom stereocenters. The molecule has 0 heterocycles. The average molecular weight is 430 g/mol. The summed E-state index contributed by atoms with van der Waals surface area (Å²) in [4.78, 5) is 12.7. The molecule has 0 saturated carbocycles. The van der Waals surface area contributed by atoms with E-state index in [1.165, 1.54) is 0 Å². The third kappa shape index (κ3) is 5.43. The molecular formula is C23H21Cl2NO3. The Balaban J connectivity index is 1.80. The van der Waals surface area contributed by atoms with E-state index in [2.05, 4.69) is 11.4 Å². The lowest BCUT2D eigenvalue weighted by atomic mass is 10.1. The maximum Gasteiger partial charge on any atom is 0.255 e. The minimum Gasteiger partial charge on any atom is -0.496 e. The molecule has 1 N–H and O–H groups in total. The molecule has 6 heteroatoms. The van der Waals surface area contributed by atoms with Crippen molar-refractivity contribution in [2.45, 2.75) is 20.5 Å². The largest absolute Gasteiger partial charge is 0.496 e. The summed E-state index contributed by atoms with van der Waals surface area (Å²) in [5.74, 6) is 1.11. The number of benzene rings is 3. The minimum atomic E-state index is -0.301. The van der Waals surface area contributed by atoms with E-state index in [4.69, 9.17) is 32.7 Å². The number of rotatable bonds is 6. The maximum atomic E-state index is 12.7. The van der Waals surface area contributed by atoms with E-state index >= 15 is 0 Å². The van der Waals surface area contributed by atoms with Crippen LogP contribution in [0, 0.1) is 13.8 Å². The lowest BCUT2D eigenvalue weighted by molar-refractivity contribution is 0.102. The number of amides is 1. The van der Waals surface area contributed by atoms with Gasteiger partial charge in [0.05, 0.1) is 17.8 Å². The van der Waals surface area contributed by atoms with Crippen LogP contribution >= 0.6 is 23.2 Å². The summed E-state index contributed by atoms with van der Waals surface area (Å²) in [6, 6.07) is 16.1. The number of hydrogen-bond donors (Lipinski definition) is 1. The van der Waals surface area contributed by atoms with Crippen LogP contribution in [-0.2, 0) is 6.61 Å². The van der Waals surface area contributed by atoms with Crippen LogP contribution in [0.3, 0.4) is 0 Å². The van der Waals surface area contributed by atoms with Crippen LogP contribution in [0.25, 0.3) is 0 Å². The lowest BCUT2D eigenvalue weighted by Crippen LogP contribution is -2.13. The second-order valence-corrected chi connectivity index (χ2v) is 7.56. The SMILES string of the molecule is COc1ccc(C(=O)Nc2cc(Cl)ccc2Cl)cc1COc1cc(C)cc(C)c1. The van der Waals surface area contributed by atoms with E-state index in [-0.39, 0.29) is 12.5 Å². The Labute approximate surface area is 180 Å². The standard InChI is InChI=1S/C23H21Cl2NO3/c1-14-8-15(2)10-19(9-14)29-13-17-11-16(4-7-22(17)28-3)23(27)26-21-12-18(24)5-6-20(21)25/h4-12H,13H2,1-3H3,(H,26,27). The van der Waals surface area contributed by atoms with E-state index < -0.39 is 0 Å². The Morgan fingerprint density at radius 3 is 2.38 bits per heavy atom. The first-order chi connectivity index (χ1) is 13.9. The summed E-state index contributed by atoms with van der Waals surface area (Å²) in [5.41, 5.74) is 3.92. The van der Waals surface area contributed by atoms with Gasteiger partial charge in [-0.3, -0.25) is 4.79 Å². The first kappa shape index (κ1) is 21.0. The molecule has 3 rings (SSSR count). The van der Waals surface area contributed by atoms with Crippen LogP contribution < -0.4 is 14.8 Å². The fourth-order valence-electron chi connectivity index (χ4n) is 3.00. The van der Waals surface area contributed by atoms with E-state index in [1.54, 1.807) is 43.5 Å². The lowest BCUT2D eigenvalue weighted by Gasteiger charge is -2.13. The predicted molar refractivity (Wildman–Crippen MR) is 118 cm³/mol. The first-order valence-electron chi connectivity index (χ1n) is 9.00. The maximum absolute atomic E-state index is 12.7. The van der Waals surface area contributed by atoms with Crippen LogP contribution in [0.4, 0.5) is 5.69 Å². The zero-order chi connectivity index (χ0) is 21.0. The number of carbonyl (C=O) groups excluding carboxylic acids is 1. The fourth-order valence-corrected chi connectivity index (χ4v) is 3.33. The zero-order valence-electron chi connectivity index (χ0n) is 16.4. The topological polar surface area (TPSA) is 47.6 Å². The average Bonchev–Trinajstić information content (AvgIpc) is 2.68. The van der Waals surface area contributed by atoms with Gasteiger partial charge in [0, 0.05) is 16.1 Å². The second kappa shape index (κ2) is 9.21. The molecule has 0 bridgehead atoms. The van der Waals surface area contributed by atoms with Crippen LogP contribution in [-0.4, -0.2) is 13.0 Å². The fraction of sp³-hybridized carbons (Fsp3) is 0.174. The highest BCUT2D eigenvalue weighted by Gasteiger charge is 2.13. The summed E-state index contributed by atoms with van der Waals surface area (Å²) in [6.07, 6.45) is 0. The van der Waals surface area contributed by atoms with E-state index in [9.17, 15) is 4.79 Å². The number of ether oxygens (including phenoxy) is 2. The monoisotopic (exact) mass is 429 g/mol. The highest BCUT2D eigenvalue weighted by atomic mass is 35.5. The Morgan fingerprint density at radius 1 is 0.966 bits per heavy atom. The van der Waals surface area contributed by atoms with Gasteiger partial charge in [-0.2, -0.15) is 0 Å². The highest BCUT2D eigenvalue weighted by Crippen LogP contribution is 2.27. The van der Waals surface area contributed by atoms with Gasteiger partial charge >= 0.3 is 0 Å². The molecule has 0 aliphatic carbocycles. The van der Waals surface area contributed by atoms with Crippen molar-refractivity contribution >= 4 is 34.8 Å². The number of nitrogens with one attached hydrogen (secondary N) is 1. The molecule has 0 aromatic heterocycles. The van der Waals surface area contributed by atoms with Gasteiger partial charge in [-0.15, -0.1) is 0 Å². The molecule has 0 spiro atoms. The summed E-state index contributed by atoms with van der Waals surface area (Å²) in [6.45, 7) is 4.31. The van der Waals surface area contributed by atoms with Crippen molar-refractivity contribution in [2.24, 2.45) is 0 Å². The summed E-state index contributed by atoms with van der Waals surface area (Å²) in [7, 11) is 1.58. The predicted octanol–water partition coefficient (Wildman–Crippen LogP) is 6.45. The molecule has 0 radical (unpaired) electrons. The Kier molecular flexibility index (Phi) is 6.68. The third-order valence-corrected chi connectivity index (χ3v) is 4.87. The van der Waals surface area contributed by atoms with Crippen molar-refractivity contribution in [1.29, 1.82) is 0 Å². The van der Waals surface area contributed by atoms with Crippen LogP contribution in [0.2, 0.25) is 10.0 Å². The van der Waals surface area contributed by atoms with Gasteiger partial charge in [0.2, 0.25) is 0 Å². The molecule has 4 nitrogen and oxygen atoms in total. The van der Waals surface area contributed by atoms with Gasteiger partial charge in [0.15, 0.2) is 0 Å². The highest BCUT2D eigenvalue weighted by molar-refractivity contribution is 6.35. The molecule has 150 valence electrons. The van der Waals surface area contributed by atoms with Crippen LogP contribution in [0.5, 0.6) is 11.5 Å². The number of hydrogen-bond acceptors (Lipinski definition) is 3. The van der Waals surface area contributed by atoms with Gasteiger partial charge in [-0.25, -0.2) is 0 Å². The van der Waals surface area contributed by atoms with Crippen molar-refractivity contribution in [3.8, 4) is 11.5 Å². The Bertz CT molecular complexity index is 1030. The molecule has 0 aliphatic heterocycles. The molecule has 3 aromatic rings. The van der Waals surface area contributed by atoms with Crippen molar-refractivity contribution < 1.29 is 14.3 Å². The number of carbonyl (C=O) groups is 1. The number of methoxy groups -OCH3 is 1. The molecule has 29 heavy (non-hydrogen) atoms.